The molecule has 6 nitrogen and oxygen atoms in total. The number of H-pyrrole nitrogens is 1. The van der Waals surface area contributed by atoms with E-state index in [1.165, 1.54) is 0 Å². The van der Waals surface area contributed by atoms with Crippen LogP contribution in [-0.4, -0.2) is 54.9 Å². The first kappa shape index (κ1) is 17.5. The van der Waals surface area contributed by atoms with Crippen molar-refractivity contribution in [3.8, 4) is 11.5 Å². The lowest BCUT2D eigenvalue weighted by molar-refractivity contribution is 0.0911. The number of rotatable bonds is 8. The van der Waals surface area contributed by atoms with Crippen LogP contribution < -0.4 is 14.8 Å². The van der Waals surface area contributed by atoms with Gasteiger partial charge < -0.3 is 24.9 Å². The highest BCUT2D eigenvalue weighted by atomic mass is 32.2. The lowest BCUT2D eigenvalue weighted by Gasteiger charge is -2.14. The van der Waals surface area contributed by atoms with Crippen molar-refractivity contribution in [3.63, 3.8) is 0 Å². The van der Waals surface area contributed by atoms with E-state index in [1.807, 2.05) is 6.26 Å². The Kier molecular flexibility index (Phi) is 6.18. The van der Waals surface area contributed by atoms with Gasteiger partial charge in [0.05, 0.1) is 32.4 Å². The topological polar surface area (TPSA) is 83.6 Å². The Bertz CT molecular complexity index is 630. The van der Waals surface area contributed by atoms with Crippen LogP contribution in [0.4, 0.5) is 0 Å². The van der Waals surface area contributed by atoms with Crippen molar-refractivity contribution in [2.75, 3.05) is 32.8 Å². The summed E-state index contributed by atoms with van der Waals surface area (Å²) in [6.07, 6.45) is 2.71. The number of methoxy groups -OCH3 is 2. The normalized spacial score (nSPS) is 12.2. The second-order valence-corrected chi connectivity index (χ2v) is 6.06. The van der Waals surface area contributed by atoms with Crippen LogP contribution in [0.5, 0.6) is 11.5 Å². The maximum atomic E-state index is 12.4. The molecule has 1 heterocycles. The fourth-order valence-electron chi connectivity index (χ4n) is 2.37. The Balaban J connectivity index is 2.27. The molecule has 0 bridgehead atoms. The number of aliphatic hydroxyl groups is 1. The van der Waals surface area contributed by atoms with Gasteiger partial charge >= 0.3 is 0 Å². The summed E-state index contributed by atoms with van der Waals surface area (Å²) in [5.74, 6) is 1.92. The average molecular weight is 338 g/mol. The number of ether oxygens (including phenoxy) is 2. The second kappa shape index (κ2) is 8.12. The summed E-state index contributed by atoms with van der Waals surface area (Å²) < 4.78 is 10.6. The van der Waals surface area contributed by atoms with Crippen LogP contribution in [-0.2, 0) is 0 Å². The number of benzene rings is 1. The highest BCUT2D eigenvalue weighted by Crippen LogP contribution is 2.33. The molecule has 0 spiro atoms. The summed E-state index contributed by atoms with van der Waals surface area (Å²) in [5, 5.41) is 13.0. The Morgan fingerprint density at radius 3 is 2.65 bits per heavy atom. The van der Waals surface area contributed by atoms with E-state index in [0.29, 0.717) is 22.7 Å². The molecule has 3 N–H and O–H groups in total. The lowest BCUT2D eigenvalue weighted by atomic mass is 10.2. The monoisotopic (exact) mass is 338 g/mol. The number of hydrogen-bond acceptors (Lipinski definition) is 5. The van der Waals surface area contributed by atoms with Gasteiger partial charge in [0.2, 0.25) is 0 Å². The summed E-state index contributed by atoms with van der Waals surface area (Å²) >= 11 is 1.68. The van der Waals surface area contributed by atoms with Crippen LogP contribution in [0.2, 0.25) is 0 Å². The van der Waals surface area contributed by atoms with E-state index in [4.69, 9.17) is 9.47 Å². The van der Waals surface area contributed by atoms with E-state index in [2.05, 4.69) is 10.3 Å². The lowest BCUT2D eigenvalue weighted by Crippen LogP contribution is -2.38. The zero-order valence-electron chi connectivity index (χ0n) is 13.5. The third-order valence-corrected chi connectivity index (χ3v) is 4.27. The number of carbonyl (C=O) groups is 1. The van der Waals surface area contributed by atoms with E-state index in [9.17, 15) is 9.90 Å². The third-order valence-electron chi connectivity index (χ3n) is 3.63. The molecule has 7 heteroatoms. The number of hydrogen-bond donors (Lipinski definition) is 3. The first-order valence-corrected chi connectivity index (χ1v) is 8.68. The summed E-state index contributed by atoms with van der Waals surface area (Å²) in [4.78, 5) is 15.5. The van der Waals surface area contributed by atoms with Crippen molar-refractivity contribution in [2.45, 2.75) is 12.5 Å². The molecule has 1 aromatic carbocycles. The van der Waals surface area contributed by atoms with E-state index in [1.54, 1.807) is 44.2 Å². The molecule has 2 rings (SSSR count). The van der Waals surface area contributed by atoms with Crippen LogP contribution in [0.15, 0.2) is 18.2 Å². The molecule has 0 aliphatic heterocycles. The van der Waals surface area contributed by atoms with Crippen LogP contribution in [0, 0.1) is 0 Å². The molecular formula is C16H22N2O4S. The van der Waals surface area contributed by atoms with Gasteiger partial charge in [-0.25, -0.2) is 0 Å². The van der Waals surface area contributed by atoms with E-state index >= 15 is 0 Å². The number of amides is 1. The summed E-state index contributed by atoms with van der Waals surface area (Å²) in [6, 6.07) is 5.06. The maximum Gasteiger partial charge on any atom is 0.268 e. The quantitative estimate of drug-likeness (QED) is 0.686. The first-order chi connectivity index (χ1) is 11.1. The van der Waals surface area contributed by atoms with Gasteiger partial charge in [-0.15, -0.1) is 0 Å². The molecule has 0 unspecified atom stereocenters. The summed E-state index contributed by atoms with van der Waals surface area (Å²) in [7, 11) is 3.16. The van der Waals surface area contributed by atoms with Crippen molar-refractivity contribution in [2.24, 2.45) is 0 Å². The van der Waals surface area contributed by atoms with Gasteiger partial charge in [0.25, 0.3) is 5.91 Å². The standard InChI is InChI=1S/C16H22N2O4S/c1-21-13-4-5-14(22-2)15-11(13)8-12(18-15)16(20)17-10(9-19)6-7-23-3/h4-5,8,10,18-19H,6-7,9H2,1-3H3,(H,17,20)/t10-/m1/s1. The fourth-order valence-corrected chi connectivity index (χ4v) is 2.89. The van der Waals surface area contributed by atoms with Gasteiger partial charge in [0.15, 0.2) is 0 Å². The molecule has 0 saturated carbocycles. The molecular weight excluding hydrogens is 316 g/mol. The Morgan fingerprint density at radius 1 is 1.35 bits per heavy atom. The predicted molar refractivity (Wildman–Crippen MR) is 92.7 cm³/mol. The third kappa shape index (κ3) is 3.92. The molecule has 126 valence electrons. The molecule has 0 aliphatic carbocycles. The predicted octanol–water partition coefficient (Wildman–Crippen LogP) is 2.03. The van der Waals surface area contributed by atoms with E-state index in [-0.39, 0.29) is 18.6 Å². The zero-order valence-corrected chi connectivity index (χ0v) is 14.3. The van der Waals surface area contributed by atoms with Gasteiger partial charge in [0.1, 0.15) is 17.2 Å². The molecule has 0 aliphatic rings. The molecule has 2 aromatic rings. The van der Waals surface area contributed by atoms with E-state index < -0.39 is 0 Å². The van der Waals surface area contributed by atoms with Crippen molar-refractivity contribution >= 4 is 28.6 Å². The number of thioether (sulfide) groups is 1. The van der Waals surface area contributed by atoms with Gasteiger partial charge in [0, 0.05) is 5.39 Å². The van der Waals surface area contributed by atoms with Crippen LogP contribution in [0.3, 0.4) is 0 Å². The van der Waals surface area contributed by atoms with Gasteiger partial charge in [-0.05, 0) is 36.6 Å². The Labute approximate surface area is 139 Å². The minimum Gasteiger partial charge on any atom is -0.496 e. The molecule has 23 heavy (non-hydrogen) atoms. The highest BCUT2D eigenvalue weighted by Gasteiger charge is 2.17. The number of carbonyl (C=O) groups excluding carboxylic acids is 1. The smallest absolute Gasteiger partial charge is 0.268 e. The van der Waals surface area contributed by atoms with Crippen molar-refractivity contribution < 1.29 is 19.4 Å². The average Bonchev–Trinajstić information content (AvgIpc) is 3.02. The number of aromatic nitrogens is 1. The van der Waals surface area contributed by atoms with Crippen molar-refractivity contribution in [1.82, 2.24) is 10.3 Å². The summed E-state index contributed by atoms with van der Waals surface area (Å²) in [5.41, 5.74) is 1.12. The SMILES string of the molecule is COc1ccc(OC)c2[nH]c(C(=O)N[C@@H](CO)CCSC)cc12. The van der Waals surface area contributed by atoms with Gasteiger partial charge in [-0.3, -0.25) is 4.79 Å². The van der Waals surface area contributed by atoms with Crippen LogP contribution >= 0.6 is 11.8 Å². The number of nitrogens with one attached hydrogen (secondary N) is 2. The van der Waals surface area contributed by atoms with E-state index in [0.717, 1.165) is 17.6 Å². The Morgan fingerprint density at radius 2 is 2.04 bits per heavy atom. The minimum absolute atomic E-state index is 0.0842. The molecule has 1 aromatic heterocycles. The second-order valence-electron chi connectivity index (χ2n) is 5.08. The van der Waals surface area contributed by atoms with Crippen molar-refractivity contribution in [3.05, 3.63) is 23.9 Å². The van der Waals surface area contributed by atoms with Gasteiger partial charge in [-0.2, -0.15) is 11.8 Å². The Hall–Kier alpha value is -1.86. The molecule has 1 amide bonds. The van der Waals surface area contributed by atoms with Crippen LogP contribution in [0.25, 0.3) is 10.9 Å². The highest BCUT2D eigenvalue weighted by molar-refractivity contribution is 7.98. The number of fused-ring (bicyclic) bond motifs is 1. The number of aromatic amines is 1. The maximum absolute atomic E-state index is 12.4. The molecule has 1 atom stereocenters. The molecule has 0 radical (unpaired) electrons. The fraction of sp³-hybridized carbons (Fsp3) is 0.438. The largest absolute Gasteiger partial charge is 0.496 e. The van der Waals surface area contributed by atoms with Gasteiger partial charge in [-0.1, -0.05) is 0 Å². The zero-order chi connectivity index (χ0) is 16.8. The van der Waals surface area contributed by atoms with Crippen LogP contribution in [0.1, 0.15) is 16.9 Å². The van der Waals surface area contributed by atoms with Crippen molar-refractivity contribution in [1.29, 1.82) is 0 Å². The number of aliphatic hydroxyl groups excluding tert-OH is 1. The molecule has 0 saturated heterocycles. The molecule has 0 fully saturated rings. The summed E-state index contributed by atoms with van der Waals surface area (Å²) in [6.45, 7) is -0.0842. The minimum atomic E-state index is -0.259. The first-order valence-electron chi connectivity index (χ1n) is 7.29.